The molecule has 1 rings (SSSR count). The summed E-state index contributed by atoms with van der Waals surface area (Å²) in [6.45, 7) is 10.4. The Kier molecular flexibility index (Phi) is 6.70. The maximum absolute atomic E-state index is 9.71. The molecule has 114 valence electrons. The Balaban J connectivity index is 2.27. The van der Waals surface area contributed by atoms with Gasteiger partial charge in [0.15, 0.2) is 0 Å². The first-order valence-electron chi connectivity index (χ1n) is 7.80. The second-order valence-electron chi connectivity index (χ2n) is 6.86. The van der Waals surface area contributed by atoms with E-state index in [-0.39, 0.29) is 0 Å². The minimum absolute atomic E-state index is 0.481. The van der Waals surface area contributed by atoms with Crippen LogP contribution in [-0.4, -0.2) is 22.8 Å². The number of nitrogens with one attached hydrogen (secondary N) is 1. The Bertz CT molecular complexity index is 377. The van der Waals surface area contributed by atoms with Crippen LogP contribution in [0.2, 0.25) is 0 Å². The van der Waals surface area contributed by atoms with Crippen molar-refractivity contribution in [3.05, 3.63) is 35.4 Å². The summed E-state index contributed by atoms with van der Waals surface area (Å²) >= 11 is 0. The zero-order valence-electron chi connectivity index (χ0n) is 13.7. The molecule has 0 amide bonds. The van der Waals surface area contributed by atoms with E-state index < -0.39 is 5.60 Å². The Morgan fingerprint density at radius 2 is 1.70 bits per heavy atom. The van der Waals surface area contributed by atoms with Gasteiger partial charge in [0.25, 0.3) is 0 Å². The average Bonchev–Trinajstić information content (AvgIpc) is 2.30. The molecule has 0 aliphatic heterocycles. The first-order chi connectivity index (χ1) is 9.26. The predicted molar refractivity (Wildman–Crippen MR) is 87.1 cm³/mol. The quantitative estimate of drug-likeness (QED) is 0.756. The highest BCUT2D eigenvalue weighted by Crippen LogP contribution is 2.14. The highest BCUT2D eigenvalue weighted by molar-refractivity contribution is 5.21. The number of rotatable bonds is 8. The van der Waals surface area contributed by atoms with Gasteiger partial charge in [-0.15, -0.1) is 0 Å². The third-order valence-corrected chi connectivity index (χ3v) is 3.66. The summed E-state index contributed by atoms with van der Waals surface area (Å²) in [5.74, 6) is 0. The number of hydrogen-bond acceptors (Lipinski definition) is 2. The van der Waals surface area contributed by atoms with Gasteiger partial charge in [-0.05, 0) is 65.9 Å². The van der Waals surface area contributed by atoms with Crippen LogP contribution in [0.3, 0.4) is 0 Å². The van der Waals surface area contributed by atoms with Crippen molar-refractivity contribution in [2.45, 2.75) is 78.0 Å². The van der Waals surface area contributed by atoms with Gasteiger partial charge >= 0.3 is 0 Å². The monoisotopic (exact) mass is 277 g/mol. The van der Waals surface area contributed by atoms with Crippen molar-refractivity contribution in [3.8, 4) is 0 Å². The van der Waals surface area contributed by atoms with Crippen LogP contribution in [0.15, 0.2) is 24.3 Å². The second kappa shape index (κ2) is 7.80. The van der Waals surface area contributed by atoms with E-state index in [1.165, 1.54) is 11.1 Å². The molecule has 0 spiro atoms. The summed E-state index contributed by atoms with van der Waals surface area (Å²) in [4.78, 5) is 0. The maximum Gasteiger partial charge on any atom is 0.0591 e. The smallest absolute Gasteiger partial charge is 0.0591 e. The van der Waals surface area contributed by atoms with Crippen LogP contribution >= 0.6 is 0 Å². The van der Waals surface area contributed by atoms with E-state index in [0.717, 1.165) is 25.7 Å². The summed E-state index contributed by atoms with van der Waals surface area (Å²) in [7, 11) is 0. The zero-order chi connectivity index (χ0) is 15.2. The van der Waals surface area contributed by atoms with Gasteiger partial charge in [0, 0.05) is 12.1 Å². The molecule has 2 unspecified atom stereocenters. The third-order valence-electron chi connectivity index (χ3n) is 3.66. The van der Waals surface area contributed by atoms with E-state index in [9.17, 15) is 5.11 Å². The van der Waals surface area contributed by atoms with Gasteiger partial charge in [-0.25, -0.2) is 0 Å². The van der Waals surface area contributed by atoms with E-state index in [2.05, 4.69) is 50.4 Å². The SMILES string of the molecule is Cc1ccc(CC(C)NC(C)CCCC(C)(C)O)cc1. The van der Waals surface area contributed by atoms with Crippen LogP contribution < -0.4 is 5.32 Å². The summed E-state index contributed by atoms with van der Waals surface area (Å²) in [5.41, 5.74) is 2.17. The molecule has 1 aromatic carbocycles. The molecule has 0 heterocycles. The van der Waals surface area contributed by atoms with E-state index in [0.29, 0.717) is 12.1 Å². The lowest BCUT2D eigenvalue weighted by Gasteiger charge is -2.22. The molecule has 0 aliphatic rings. The van der Waals surface area contributed by atoms with E-state index in [4.69, 9.17) is 0 Å². The van der Waals surface area contributed by atoms with Crippen LogP contribution in [-0.2, 0) is 6.42 Å². The van der Waals surface area contributed by atoms with Gasteiger partial charge in [0.05, 0.1) is 5.60 Å². The second-order valence-corrected chi connectivity index (χ2v) is 6.86. The maximum atomic E-state index is 9.71. The van der Waals surface area contributed by atoms with Gasteiger partial charge < -0.3 is 10.4 Å². The van der Waals surface area contributed by atoms with Gasteiger partial charge in [0.1, 0.15) is 0 Å². The standard InChI is InChI=1S/C18H31NO/c1-14-8-10-17(11-9-14)13-16(3)19-15(2)7-6-12-18(4,5)20/h8-11,15-16,19-20H,6-7,12-13H2,1-5H3. The minimum atomic E-state index is -0.534. The first-order valence-corrected chi connectivity index (χ1v) is 7.80. The van der Waals surface area contributed by atoms with Crippen molar-refractivity contribution in [1.29, 1.82) is 0 Å². The largest absolute Gasteiger partial charge is 0.390 e. The molecule has 0 bridgehead atoms. The normalized spacial score (nSPS) is 15.1. The molecule has 0 aliphatic carbocycles. The van der Waals surface area contributed by atoms with Crippen molar-refractivity contribution in [2.24, 2.45) is 0 Å². The molecule has 0 aromatic heterocycles. The Labute approximate surface area is 124 Å². The predicted octanol–water partition coefficient (Wildman–Crippen LogP) is 3.85. The molecular weight excluding hydrogens is 246 g/mol. The molecule has 0 saturated heterocycles. The van der Waals surface area contributed by atoms with Gasteiger partial charge in [0.2, 0.25) is 0 Å². The van der Waals surface area contributed by atoms with Gasteiger partial charge in [-0.2, -0.15) is 0 Å². The molecule has 0 radical (unpaired) electrons. The fraction of sp³-hybridized carbons (Fsp3) is 0.667. The summed E-state index contributed by atoms with van der Waals surface area (Å²) in [5, 5.41) is 13.4. The number of benzene rings is 1. The van der Waals surface area contributed by atoms with Crippen molar-refractivity contribution in [2.75, 3.05) is 0 Å². The van der Waals surface area contributed by atoms with Crippen LogP contribution in [0.4, 0.5) is 0 Å². The van der Waals surface area contributed by atoms with Crippen molar-refractivity contribution >= 4 is 0 Å². The average molecular weight is 277 g/mol. The fourth-order valence-corrected chi connectivity index (χ4v) is 2.55. The number of hydrogen-bond donors (Lipinski definition) is 2. The summed E-state index contributed by atoms with van der Waals surface area (Å²) in [6.07, 6.45) is 4.11. The topological polar surface area (TPSA) is 32.3 Å². The van der Waals surface area contributed by atoms with E-state index in [1.54, 1.807) is 0 Å². The van der Waals surface area contributed by atoms with E-state index in [1.807, 2.05) is 13.8 Å². The molecule has 2 nitrogen and oxygen atoms in total. The van der Waals surface area contributed by atoms with E-state index >= 15 is 0 Å². The Hall–Kier alpha value is -0.860. The van der Waals surface area contributed by atoms with Crippen LogP contribution in [0, 0.1) is 6.92 Å². The molecule has 2 N–H and O–H groups in total. The summed E-state index contributed by atoms with van der Waals surface area (Å²) < 4.78 is 0. The van der Waals surface area contributed by atoms with Crippen molar-refractivity contribution in [1.82, 2.24) is 5.32 Å². The first kappa shape index (κ1) is 17.2. The molecule has 1 aromatic rings. The molecule has 20 heavy (non-hydrogen) atoms. The van der Waals surface area contributed by atoms with Gasteiger partial charge in [-0.1, -0.05) is 29.8 Å². The lowest BCUT2D eigenvalue weighted by Crippen LogP contribution is -2.36. The molecule has 0 saturated carbocycles. The molecule has 2 heteroatoms. The Morgan fingerprint density at radius 1 is 1.10 bits per heavy atom. The summed E-state index contributed by atoms with van der Waals surface area (Å²) in [6, 6.07) is 9.76. The lowest BCUT2D eigenvalue weighted by atomic mass is 9.99. The number of aliphatic hydroxyl groups is 1. The lowest BCUT2D eigenvalue weighted by molar-refractivity contribution is 0.0674. The van der Waals surface area contributed by atoms with Gasteiger partial charge in [-0.3, -0.25) is 0 Å². The van der Waals surface area contributed by atoms with Crippen molar-refractivity contribution in [3.63, 3.8) is 0 Å². The zero-order valence-corrected chi connectivity index (χ0v) is 13.7. The minimum Gasteiger partial charge on any atom is -0.390 e. The van der Waals surface area contributed by atoms with Crippen LogP contribution in [0.25, 0.3) is 0 Å². The van der Waals surface area contributed by atoms with Crippen LogP contribution in [0.1, 0.15) is 58.1 Å². The Morgan fingerprint density at radius 3 is 2.25 bits per heavy atom. The third kappa shape index (κ3) is 7.66. The molecular formula is C18H31NO. The van der Waals surface area contributed by atoms with Crippen molar-refractivity contribution < 1.29 is 5.11 Å². The number of aryl methyl sites for hydroxylation is 1. The highest BCUT2D eigenvalue weighted by atomic mass is 16.3. The van der Waals surface area contributed by atoms with Crippen LogP contribution in [0.5, 0.6) is 0 Å². The fourth-order valence-electron chi connectivity index (χ4n) is 2.55. The molecule has 0 fully saturated rings. The highest BCUT2D eigenvalue weighted by Gasteiger charge is 2.13. The molecule has 2 atom stereocenters.